The van der Waals surface area contributed by atoms with Gasteiger partial charge in [-0.25, -0.2) is 14.2 Å². The third kappa shape index (κ3) is 4.53. The van der Waals surface area contributed by atoms with Gasteiger partial charge >= 0.3 is 6.09 Å². The van der Waals surface area contributed by atoms with E-state index in [1.54, 1.807) is 15.9 Å². The summed E-state index contributed by atoms with van der Waals surface area (Å²) in [6.07, 6.45) is 2.03. The van der Waals surface area contributed by atoms with E-state index in [-0.39, 0.29) is 23.7 Å². The van der Waals surface area contributed by atoms with Crippen molar-refractivity contribution >= 4 is 34.2 Å². The lowest BCUT2D eigenvalue weighted by atomic mass is 9.98. The molecule has 1 N–H and O–H groups in total. The van der Waals surface area contributed by atoms with Crippen LogP contribution in [0.3, 0.4) is 0 Å². The van der Waals surface area contributed by atoms with Crippen molar-refractivity contribution in [2.75, 3.05) is 19.6 Å². The van der Waals surface area contributed by atoms with Crippen molar-refractivity contribution < 1.29 is 18.7 Å². The van der Waals surface area contributed by atoms with Gasteiger partial charge in [0, 0.05) is 66.1 Å². The number of carbonyl (C=O) groups excluding carboxylic acids is 2. The summed E-state index contributed by atoms with van der Waals surface area (Å²) in [5.41, 5.74) is 2.91. The van der Waals surface area contributed by atoms with Crippen LogP contribution in [0.2, 0.25) is 0 Å². The predicted molar refractivity (Wildman–Crippen MR) is 129 cm³/mol. The number of aromatic amines is 1. The summed E-state index contributed by atoms with van der Waals surface area (Å²) in [4.78, 5) is 37.1. The molecule has 0 bridgehead atoms. The lowest BCUT2D eigenvalue weighted by Crippen LogP contribution is -2.41. The van der Waals surface area contributed by atoms with Crippen molar-refractivity contribution in [2.45, 2.75) is 58.1 Å². The summed E-state index contributed by atoms with van der Waals surface area (Å²) in [6.45, 7) is 7.88. The molecule has 0 spiro atoms. The van der Waals surface area contributed by atoms with Crippen LogP contribution in [0, 0.1) is 5.82 Å². The molecule has 2 aliphatic heterocycles. The number of halogens is 1. The summed E-state index contributed by atoms with van der Waals surface area (Å²) in [7, 11) is 0. The molecule has 0 saturated carbocycles. The second-order valence-electron chi connectivity index (χ2n) is 10.1. The number of nitrogens with one attached hydrogen (secondary N) is 1. The van der Waals surface area contributed by atoms with Crippen LogP contribution in [-0.2, 0) is 17.7 Å². The topological polar surface area (TPSA) is 78.5 Å². The van der Waals surface area contributed by atoms with Crippen molar-refractivity contribution in [1.82, 2.24) is 19.8 Å². The maximum Gasteiger partial charge on any atom is 0.410 e. The third-order valence-corrected chi connectivity index (χ3v) is 7.47. The molecule has 4 heterocycles. The number of H-pyrrole nitrogens is 1. The highest BCUT2D eigenvalue weighted by atomic mass is 32.1. The maximum atomic E-state index is 13.8. The third-order valence-electron chi connectivity index (χ3n) is 6.46. The number of fused-ring (bicyclic) bond motifs is 3. The molecule has 0 atom stereocenters. The molecule has 0 aliphatic carbocycles. The first-order valence-corrected chi connectivity index (χ1v) is 12.6. The normalized spacial score (nSPS) is 17.2. The lowest BCUT2D eigenvalue weighted by molar-refractivity contribution is 0.0204. The molecule has 34 heavy (non-hydrogen) atoms. The number of hydrogen-bond donors (Lipinski definition) is 1. The van der Waals surface area contributed by atoms with Crippen LogP contribution in [0.4, 0.5) is 9.18 Å². The highest BCUT2D eigenvalue weighted by molar-refractivity contribution is 7.09. The summed E-state index contributed by atoms with van der Waals surface area (Å²) in [5, 5.41) is 3.62. The van der Waals surface area contributed by atoms with Crippen molar-refractivity contribution in [3.63, 3.8) is 0 Å². The summed E-state index contributed by atoms with van der Waals surface area (Å²) < 4.78 is 19.3. The van der Waals surface area contributed by atoms with Gasteiger partial charge in [0.2, 0.25) is 0 Å². The Kier molecular flexibility index (Phi) is 5.83. The van der Waals surface area contributed by atoms with Gasteiger partial charge in [-0.05, 0) is 51.8 Å². The fourth-order valence-electron chi connectivity index (χ4n) is 4.73. The Morgan fingerprint density at radius 3 is 2.68 bits per heavy atom. The van der Waals surface area contributed by atoms with Crippen LogP contribution in [0.15, 0.2) is 23.6 Å². The molecular formula is C25H29FN4O3S. The van der Waals surface area contributed by atoms with Crippen LogP contribution in [0.1, 0.15) is 66.3 Å². The second-order valence-corrected chi connectivity index (χ2v) is 11.0. The number of ether oxygens (including phenoxy) is 1. The molecule has 1 aromatic carbocycles. The second kappa shape index (κ2) is 8.69. The van der Waals surface area contributed by atoms with Gasteiger partial charge in [0.1, 0.15) is 17.1 Å². The van der Waals surface area contributed by atoms with E-state index in [1.165, 1.54) is 23.5 Å². The van der Waals surface area contributed by atoms with Crippen molar-refractivity contribution in [1.29, 1.82) is 0 Å². The Bertz CT molecular complexity index is 1240. The van der Waals surface area contributed by atoms with Gasteiger partial charge in [-0.2, -0.15) is 0 Å². The van der Waals surface area contributed by atoms with Gasteiger partial charge in [-0.1, -0.05) is 0 Å². The van der Waals surface area contributed by atoms with E-state index in [0.717, 1.165) is 40.0 Å². The summed E-state index contributed by atoms with van der Waals surface area (Å²) >= 11 is 1.51. The molecular weight excluding hydrogens is 455 g/mol. The number of hydrogen-bond acceptors (Lipinski definition) is 5. The number of aromatic nitrogens is 2. The van der Waals surface area contributed by atoms with E-state index >= 15 is 0 Å². The largest absolute Gasteiger partial charge is 0.444 e. The lowest BCUT2D eigenvalue weighted by Gasteiger charge is -2.32. The molecule has 9 heteroatoms. The zero-order chi connectivity index (χ0) is 24.0. The number of carbonyl (C=O) groups is 2. The Morgan fingerprint density at radius 2 is 1.94 bits per heavy atom. The minimum atomic E-state index is -0.505. The average Bonchev–Trinajstić information content (AvgIpc) is 3.42. The van der Waals surface area contributed by atoms with E-state index < -0.39 is 5.60 Å². The molecule has 0 unspecified atom stereocenters. The Morgan fingerprint density at radius 1 is 1.18 bits per heavy atom. The standard InChI is InChI=1S/C25H29FN4O3S/c1-25(2,3)33-24(32)29-9-6-15(7-10-29)22-28-21(14-34-22)23(31)30-11-8-20-18(13-30)17-12-16(26)4-5-19(17)27-20/h4-5,12,14-15,27H,6-11,13H2,1-3H3. The number of amides is 2. The SMILES string of the molecule is CC(C)(C)OC(=O)N1CCC(c2nc(C(=O)N3CCc4[nH]c5ccc(F)cc5c4C3)cs2)CC1. The average molecular weight is 485 g/mol. The minimum absolute atomic E-state index is 0.0925. The first-order valence-electron chi connectivity index (χ1n) is 11.7. The quantitative estimate of drug-likeness (QED) is 0.550. The van der Waals surface area contributed by atoms with Crippen LogP contribution >= 0.6 is 11.3 Å². The minimum Gasteiger partial charge on any atom is -0.444 e. The molecule has 2 amide bonds. The first kappa shape index (κ1) is 22.8. The van der Waals surface area contributed by atoms with Gasteiger partial charge in [0.25, 0.3) is 5.91 Å². The number of likely N-dealkylation sites (tertiary alicyclic amines) is 1. The summed E-state index contributed by atoms with van der Waals surface area (Å²) in [6, 6.07) is 4.72. The molecule has 3 aromatic rings. The predicted octanol–water partition coefficient (Wildman–Crippen LogP) is 5.08. The molecule has 2 aliphatic rings. The highest BCUT2D eigenvalue weighted by Crippen LogP contribution is 2.32. The van der Waals surface area contributed by atoms with Crippen LogP contribution < -0.4 is 0 Å². The van der Waals surface area contributed by atoms with E-state index in [1.807, 2.05) is 26.2 Å². The van der Waals surface area contributed by atoms with Gasteiger partial charge < -0.3 is 19.5 Å². The molecule has 7 nitrogen and oxygen atoms in total. The van der Waals surface area contributed by atoms with Crippen LogP contribution in [0.25, 0.3) is 10.9 Å². The fraction of sp³-hybridized carbons (Fsp3) is 0.480. The molecule has 1 saturated heterocycles. The van der Waals surface area contributed by atoms with E-state index in [2.05, 4.69) is 9.97 Å². The number of benzene rings is 1. The molecule has 1 fully saturated rings. The van der Waals surface area contributed by atoms with E-state index in [0.29, 0.717) is 38.3 Å². The Hall–Kier alpha value is -2.94. The monoisotopic (exact) mass is 484 g/mol. The Labute approximate surface area is 201 Å². The smallest absolute Gasteiger partial charge is 0.410 e. The molecule has 0 radical (unpaired) electrons. The number of thiazole rings is 1. The Balaban J connectivity index is 1.23. The highest BCUT2D eigenvalue weighted by Gasteiger charge is 2.30. The fourth-order valence-corrected chi connectivity index (χ4v) is 5.70. The zero-order valence-corrected chi connectivity index (χ0v) is 20.5. The van der Waals surface area contributed by atoms with Gasteiger partial charge in [0.15, 0.2) is 0 Å². The van der Waals surface area contributed by atoms with Crippen LogP contribution in [-0.4, -0.2) is 57.0 Å². The number of rotatable bonds is 2. The molecule has 5 rings (SSSR count). The van der Waals surface area contributed by atoms with Crippen LogP contribution in [0.5, 0.6) is 0 Å². The van der Waals surface area contributed by atoms with E-state index in [9.17, 15) is 14.0 Å². The molecule has 2 aromatic heterocycles. The number of nitrogens with zero attached hydrogens (tertiary/aromatic N) is 3. The number of piperidine rings is 1. The van der Waals surface area contributed by atoms with Crippen molar-refractivity contribution in [3.05, 3.63) is 51.4 Å². The summed E-state index contributed by atoms with van der Waals surface area (Å²) in [5.74, 6) is -0.139. The molecule has 180 valence electrons. The zero-order valence-electron chi connectivity index (χ0n) is 19.7. The van der Waals surface area contributed by atoms with E-state index in [4.69, 9.17) is 4.74 Å². The van der Waals surface area contributed by atoms with Gasteiger partial charge in [0.05, 0.1) is 5.01 Å². The van der Waals surface area contributed by atoms with Crippen molar-refractivity contribution in [2.24, 2.45) is 0 Å². The van der Waals surface area contributed by atoms with Gasteiger partial charge in [-0.15, -0.1) is 11.3 Å². The van der Waals surface area contributed by atoms with Crippen molar-refractivity contribution in [3.8, 4) is 0 Å². The van der Waals surface area contributed by atoms with Gasteiger partial charge in [-0.3, -0.25) is 4.79 Å². The first-order chi connectivity index (χ1) is 16.2. The maximum absolute atomic E-state index is 13.8.